The average Bonchev–Trinajstić information content (AvgIpc) is 2.62. The number of pyridine rings is 1. The third kappa shape index (κ3) is 4.27. The van der Waals surface area contributed by atoms with E-state index in [1.807, 2.05) is 50.2 Å². The van der Waals surface area contributed by atoms with Crippen molar-refractivity contribution in [2.24, 2.45) is 0 Å². The number of nitrogens with one attached hydrogen (secondary N) is 1. The first kappa shape index (κ1) is 18.9. The van der Waals surface area contributed by atoms with Gasteiger partial charge in [0, 0.05) is 11.1 Å². The van der Waals surface area contributed by atoms with Crippen LogP contribution in [0.25, 0.3) is 10.9 Å². The zero-order valence-corrected chi connectivity index (χ0v) is 16.5. The molecule has 1 aromatic heterocycles. The van der Waals surface area contributed by atoms with Gasteiger partial charge in [0.25, 0.3) is 5.91 Å². The molecular formula is C23H26N2O2. The number of hydrogen-bond acceptors (Lipinski definition) is 3. The number of carbonyl (C=O) groups excluding carboxylic acids is 1. The summed E-state index contributed by atoms with van der Waals surface area (Å²) >= 11 is 0. The Morgan fingerprint density at radius 1 is 1.04 bits per heavy atom. The molecular weight excluding hydrogens is 336 g/mol. The van der Waals surface area contributed by atoms with Gasteiger partial charge in [0.15, 0.2) is 6.10 Å². The highest BCUT2D eigenvalue weighted by Gasteiger charge is 2.19. The standard InChI is InChI=1S/C23H26N2O2/c1-14(2)19-12-9-15(3)13-21(19)27-17(5)23(26)25-20-8-6-7-18-11-10-16(4)24-22(18)20/h6-14,17H,1-5H3,(H,25,26)/t17-/m1/s1. The molecule has 1 N–H and O–H groups in total. The summed E-state index contributed by atoms with van der Waals surface area (Å²) in [6.45, 7) is 9.96. The third-order valence-electron chi connectivity index (χ3n) is 4.58. The van der Waals surface area contributed by atoms with Crippen LogP contribution in [0.15, 0.2) is 48.5 Å². The van der Waals surface area contributed by atoms with Crippen molar-refractivity contribution in [2.75, 3.05) is 5.32 Å². The second-order valence-corrected chi connectivity index (χ2v) is 7.28. The maximum absolute atomic E-state index is 12.7. The Hall–Kier alpha value is -2.88. The van der Waals surface area contributed by atoms with Gasteiger partial charge >= 0.3 is 0 Å². The Balaban J connectivity index is 1.82. The van der Waals surface area contributed by atoms with Gasteiger partial charge < -0.3 is 10.1 Å². The van der Waals surface area contributed by atoms with E-state index >= 15 is 0 Å². The number of aryl methyl sites for hydroxylation is 2. The molecule has 1 atom stereocenters. The zero-order valence-electron chi connectivity index (χ0n) is 16.5. The second kappa shape index (κ2) is 7.78. The molecule has 3 aromatic rings. The van der Waals surface area contributed by atoms with Crippen LogP contribution in [0.4, 0.5) is 5.69 Å². The Kier molecular flexibility index (Phi) is 5.45. The van der Waals surface area contributed by atoms with Crippen LogP contribution >= 0.6 is 0 Å². The quantitative estimate of drug-likeness (QED) is 0.663. The summed E-state index contributed by atoms with van der Waals surface area (Å²) in [7, 11) is 0. The van der Waals surface area contributed by atoms with Crippen LogP contribution in [0, 0.1) is 13.8 Å². The summed E-state index contributed by atoms with van der Waals surface area (Å²) in [5.41, 5.74) is 4.61. The van der Waals surface area contributed by atoms with E-state index in [1.165, 1.54) is 0 Å². The van der Waals surface area contributed by atoms with Crippen LogP contribution in [0.2, 0.25) is 0 Å². The highest BCUT2D eigenvalue weighted by molar-refractivity contribution is 6.01. The van der Waals surface area contributed by atoms with E-state index in [2.05, 4.69) is 36.3 Å². The number of rotatable bonds is 5. The molecule has 2 aromatic carbocycles. The topological polar surface area (TPSA) is 51.2 Å². The van der Waals surface area contributed by atoms with Gasteiger partial charge in [-0.3, -0.25) is 9.78 Å². The highest BCUT2D eigenvalue weighted by atomic mass is 16.5. The van der Waals surface area contributed by atoms with Gasteiger partial charge in [-0.05, 0) is 56.0 Å². The molecule has 1 amide bonds. The SMILES string of the molecule is Cc1ccc(C(C)C)c(O[C@H](C)C(=O)Nc2cccc3ccc(C)nc23)c1. The fraction of sp³-hybridized carbons (Fsp3) is 0.304. The van der Waals surface area contributed by atoms with Crippen molar-refractivity contribution < 1.29 is 9.53 Å². The summed E-state index contributed by atoms with van der Waals surface area (Å²) in [5, 5.41) is 3.96. The number of para-hydroxylation sites is 1. The summed E-state index contributed by atoms with van der Waals surface area (Å²) in [4.78, 5) is 17.3. The zero-order chi connectivity index (χ0) is 19.6. The maximum atomic E-state index is 12.7. The lowest BCUT2D eigenvalue weighted by molar-refractivity contribution is -0.122. The molecule has 0 unspecified atom stereocenters. The van der Waals surface area contributed by atoms with E-state index < -0.39 is 6.10 Å². The number of fused-ring (bicyclic) bond motifs is 1. The van der Waals surface area contributed by atoms with Crippen LogP contribution in [-0.2, 0) is 4.79 Å². The Morgan fingerprint density at radius 2 is 1.81 bits per heavy atom. The largest absolute Gasteiger partial charge is 0.481 e. The Labute approximate surface area is 160 Å². The summed E-state index contributed by atoms with van der Waals surface area (Å²) in [5.74, 6) is 0.891. The van der Waals surface area contributed by atoms with Crippen LogP contribution in [0.5, 0.6) is 5.75 Å². The molecule has 27 heavy (non-hydrogen) atoms. The van der Waals surface area contributed by atoms with Crippen LogP contribution in [0.3, 0.4) is 0 Å². The number of ether oxygens (including phenoxy) is 1. The molecule has 0 bridgehead atoms. The van der Waals surface area contributed by atoms with Crippen molar-refractivity contribution in [3.8, 4) is 5.75 Å². The van der Waals surface area contributed by atoms with E-state index in [0.29, 0.717) is 11.6 Å². The minimum absolute atomic E-state index is 0.193. The molecule has 3 rings (SSSR count). The summed E-state index contributed by atoms with van der Waals surface area (Å²) < 4.78 is 6.02. The first-order chi connectivity index (χ1) is 12.8. The fourth-order valence-corrected chi connectivity index (χ4v) is 3.04. The number of amides is 1. The van der Waals surface area contributed by atoms with Gasteiger partial charge in [0.2, 0.25) is 0 Å². The van der Waals surface area contributed by atoms with E-state index in [1.54, 1.807) is 6.92 Å². The number of nitrogens with zero attached hydrogens (tertiary/aromatic N) is 1. The van der Waals surface area contributed by atoms with E-state index in [-0.39, 0.29) is 5.91 Å². The smallest absolute Gasteiger partial charge is 0.265 e. The summed E-state index contributed by atoms with van der Waals surface area (Å²) in [6, 6.07) is 15.9. The molecule has 140 valence electrons. The summed E-state index contributed by atoms with van der Waals surface area (Å²) in [6.07, 6.45) is -0.621. The molecule has 0 fully saturated rings. The maximum Gasteiger partial charge on any atom is 0.265 e. The van der Waals surface area contributed by atoms with Crippen LogP contribution in [-0.4, -0.2) is 17.0 Å². The monoisotopic (exact) mass is 362 g/mol. The molecule has 0 radical (unpaired) electrons. The number of carbonyl (C=O) groups is 1. The van der Waals surface area contributed by atoms with Gasteiger partial charge in [-0.2, -0.15) is 0 Å². The molecule has 0 spiro atoms. The van der Waals surface area contributed by atoms with Crippen molar-refractivity contribution in [3.05, 3.63) is 65.4 Å². The van der Waals surface area contributed by atoms with Gasteiger partial charge in [0.05, 0.1) is 11.2 Å². The van der Waals surface area contributed by atoms with Crippen molar-refractivity contribution >= 4 is 22.5 Å². The highest BCUT2D eigenvalue weighted by Crippen LogP contribution is 2.29. The second-order valence-electron chi connectivity index (χ2n) is 7.28. The number of hydrogen-bond donors (Lipinski definition) is 1. The minimum Gasteiger partial charge on any atom is -0.481 e. The number of aromatic nitrogens is 1. The lowest BCUT2D eigenvalue weighted by atomic mass is 10.0. The van der Waals surface area contributed by atoms with Gasteiger partial charge in [-0.25, -0.2) is 0 Å². The molecule has 0 saturated heterocycles. The van der Waals surface area contributed by atoms with Crippen molar-refractivity contribution in [1.82, 2.24) is 4.98 Å². The van der Waals surface area contributed by atoms with Gasteiger partial charge in [-0.15, -0.1) is 0 Å². The van der Waals surface area contributed by atoms with Crippen molar-refractivity contribution in [2.45, 2.75) is 46.6 Å². The predicted molar refractivity (Wildman–Crippen MR) is 110 cm³/mol. The van der Waals surface area contributed by atoms with E-state index in [9.17, 15) is 4.79 Å². The third-order valence-corrected chi connectivity index (χ3v) is 4.58. The van der Waals surface area contributed by atoms with Crippen molar-refractivity contribution in [3.63, 3.8) is 0 Å². The molecule has 4 heteroatoms. The fourth-order valence-electron chi connectivity index (χ4n) is 3.04. The molecule has 0 aliphatic rings. The molecule has 0 saturated carbocycles. The number of anilines is 1. The minimum atomic E-state index is -0.621. The lowest BCUT2D eigenvalue weighted by Crippen LogP contribution is -2.30. The predicted octanol–water partition coefficient (Wildman–Crippen LogP) is 5.38. The Bertz CT molecular complexity index is 979. The molecule has 0 aliphatic carbocycles. The Morgan fingerprint density at radius 3 is 2.56 bits per heavy atom. The molecule has 4 nitrogen and oxygen atoms in total. The molecule has 1 heterocycles. The van der Waals surface area contributed by atoms with Crippen LogP contribution in [0.1, 0.15) is 43.5 Å². The van der Waals surface area contributed by atoms with E-state index in [4.69, 9.17) is 4.74 Å². The van der Waals surface area contributed by atoms with Crippen molar-refractivity contribution in [1.29, 1.82) is 0 Å². The van der Waals surface area contributed by atoms with Gasteiger partial charge in [0.1, 0.15) is 5.75 Å². The van der Waals surface area contributed by atoms with E-state index in [0.717, 1.165) is 33.5 Å². The van der Waals surface area contributed by atoms with Crippen LogP contribution < -0.4 is 10.1 Å². The first-order valence-electron chi connectivity index (χ1n) is 9.29. The first-order valence-corrected chi connectivity index (χ1v) is 9.29. The average molecular weight is 362 g/mol. The normalized spacial score (nSPS) is 12.2. The van der Waals surface area contributed by atoms with Gasteiger partial charge in [-0.1, -0.05) is 44.2 Å². The lowest BCUT2D eigenvalue weighted by Gasteiger charge is -2.19. The molecule has 0 aliphatic heterocycles. The number of benzene rings is 2.